The van der Waals surface area contributed by atoms with E-state index >= 15 is 0 Å². The first kappa shape index (κ1) is 11.4. The van der Waals surface area contributed by atoms with Crippen molar-refractivity contribution in [3.63, 3.8) is 0 Å². The van der Waals surface area contributed by atoms with Crippen LogP contribution in [0.1, 0.15) is 11.1 Å². The van der Waals surface area contributed by atoms with Crippen molar-refractivity contribution in [3.8, 4) is 11.8 Å². The van der Waals surface area contributed by atoms with Gasteiger partial charge in [-0.3, -0.25) is 0 Å². The minimum absolute atomic E-state index is 0.760. The van der Waals surface area contributed by atoms with Crippen LogP contribution >= 0.6 is 0 Å². The summed E-state index contributed by atoms with van der Waals surface area (Å²) in [4.78, 5) is 0. The summed E-state index contributed by atoms with van der Waals surface area (Å²) in [6, 6.07) is 22.1. The van der Waals surface area contributed by atoms with Crippen molar-refractivity contribution < 1.29 is 0 Å². The lowest BCUT2D eigenvalue weighted by atomic mass is 10.1. The van der Waals surface area contributed by atoms with Crippen LogP contribution in [0.5, 0.6) is 0 Å². The van der Waals surface area contributed by atoms with Crippen LogP contribution in [0.15, 0.2) is 66.7 Å². The summed E-state index contributed by atoms with van der Waals surface area (Å²) in [6.45, 7) is 0. The third kappa shape index (κ3) is 2.59. The number of nitrogens with two attached hydrogens (primary N) is 1. The van der Waals surface area contributed by atoms with Gasteiger partial charge in [-0.05, 0) is 47.2 Å². The summed E-state index contributed by atoms with van der Waals surface area (Å²) >= 11 is 0. The summed E-state index contributed by atoms with van der Waals surface area (Å²) in [6.07, 6.45) is 0. The van der Waals surface area contributed by atoms with Crippen LogP contribution in [0, 0.1) is 11.8 Å². The lowest BCUT2D eigenvalue weighted by molar-refractivity contribution is 1.63. The standard InChI is InChI=1S/C18H13N/c19-18-11-8-14(9-12-18)5-6-15-7-10-16-3-1-2-4-17(16)13-15/h1-4,7-13H,19H2. The molecule has 0 aromatic heterocycles. The second-order valence-corrected chi connectivity index (χ2v) is 4.43. The van der Waals surface area contributed by atoms with Crippen molar-refractivity contribution in [1.82, 2.24) is 0 Å². The summed E-state index contributed by atoms with van der Waals surface area (Å²) in [5, 5.41) is 2.45. The van der Waals surface area contributed by atoms with Crippen molar-refractivity contribution >= 4 is 16.5 Å². The van der Waals surface area contributed by atoms with E-state index in [0.29, 0.717) is 0 Å². The maximum atomic E-state index is 5.65. The molecule has 0 aliphatic carbocycles. The summed E-state index contributed by atoms with van der Waals surface area (Å²) < 4.78 is 0. The lowest BCUT2D eigenvalue weighted by Crippen LogP contribution is -1.83. The highest BCUT2D eigenvalue weighted by Gasteiger charge is 1.93. The zero-order valence-electron chi connectivity index (χ0n) is 10.4. The normalized spacial score (nSPS) is 9.89. The highest BCUT2D eigenvalue weighted by atomic mass is 14.5. The Morgan fingerprint density at radius 3 is 2.05 bits per heavy atom. The maximum absolute atomic E-state index is 5.65. The molecule has 3 rings (SSSR count). The fraction of sp³-hybridized carbons (Fsp3) is 0. The molecule has 0 saturated heterocycles. The Bertz CT molecular complexity index is 774. The fourth-order valence-electron chi connectivity index (χ4n) is 1.98. The van der Waals surface area contributed by atoms with Gasteiger partial charge in [0.2, 0.25) is 0 Å². The first-order valence-corrected chi connectivity index (χ1v) is 6.18. The Kier molecular flexibility index (Phi) is 2.92. The molecule has 90 valence electrons. The van der Waals surface area contributed by atoms with Crippen molar-refractivity contribution in [2.24, 2.45) is 0 Å². The van der Waals surface area contributed by atoms with Crippen LogP contribution in [-0.2, 0) is 0 Å². The van der Waals surface area contributed by atoms with Gasteiger partial charge in [0.15, 0.2) is 0 Å². The average Bonchev–Trinajstić information content (AvgIpc) is 2.46. The first-order valence-electron chi connectivity index (χ1n) is 6.18. The van der Waals surface area contributed by atoms with E-state index < -0.39 is 0 Å². The second kappa shape index (κ2) is 4.88. The molecule has 0 bridgehead atoms. The van der Waals surface area contributed by atoms with E-state index in [1.807, 2.05) is 42.5 Å². The van der Waals surface area contributed by atoms with Crippen molar-refractivity contribution in [3.05, 3.63) is 77.9 Å². The van der Waals surface area contributed by atoms with E-state index in [2.05, 4.69) is 36.1 Å². The van der Waals surface area contributed by atoms with Gasteiger partial charge >= 0.3 is 0 Å². The number of benzene rings is 3. The predicted molar refractivity (Wildman–Crippen MR) is 80.8 cm³/mol. The molecule has 2 N–H and O–H groups in total. The van der Waals surface area contributed by atoms with Gasteiger partial charge in [-0.25, -0.2) is 0 Å². The Labute approximate surface area is 112 Å². The van der Waals surface area contributed by atoms with Crippen LogP contribution in [0.2, 0.25) is 0 Å². The maximum Gasteiger partial charge on any atom is 0.0314 e. The van der Waals surface area contributed by atoms with E-state index in [0.717, 1.165) is 16.8 Å². The molecule has 19 heavy (non-hydrogen) atoms. The molecule has 0 aliphatic heterocycles. The minimum Gasteiger partial charge on any atom is -0.399 e. The molecule has 0 fully saturated rings. The van der Waals surface area contributed by atoms with Gasteiger partial charge in [0.05, 0.1) is 0 Å². The van der Waals surface area contributed by atoms with Crippen LogP contribution < -0.4 is 5.73 Å². The number of nitrogen functional groups attached to an aromatic ring is 1. The van der Waals surface area contributed by atoms with Gasteiger partial charge in [-0.2, -0.15) is 0 Å². The zero-order chi connectivity index (χ0) is 13.1. The SMILES string of the molecule is Nc1ccc(C#Cc2ccc3ccccc3c2)cc1. The van der Waals surface area contributed by atoms with E-state index in [1.54, 1.807) is 0 Å². The number of hydrogen-bond donors (Lipinski definition) is 1. The van der Waals surface area contributed by atoms with Gasteiger partial charge in [-0.1, -0.05) is 42.2 Å². The number of hydrogen-bond acceptors (Lipinski definition) is 1. The summed E-state index contributed by atoms with van der Waals surface area (Å²) in [7, 11) is 0. The quantitative estimate of drug-likeness (QED) is 0.471. The molecule has 1 heteroatoms. The highest BCUT2D eigenvalue weighted by Crippen LogP contribution is 2.15. The number of rotatable bonds is 0. The molecule has 3 aromatic carbocycles. The molecule has 3 aromatic rings. The Balaban J connectivity index is 1.95. The van der Waals surface area contributed by atoms with Crippen molar-refractivity contribution in [2.75, 3.05) is 5.73 Å². The Morgan fingerprint density at radius 2 is 1.26 bits per heavy atom. The van der Waals surface area contributed by atoms with Gasteiger partial charge in [0.25, 0.3) is 0 Å². The smallest absolute Gasteiger partial charge is 0.0314 e. The van der Waals surface area contributed by atoms with Gasteiger partial charge in [0, 0.05) is 16.8 Å². The third-order valence-corrected chi connectivity index (χ3v) is 3.01. The molecule has 0 heterocycles. The topological polar surface area (TPSA) is 26.0 Å². The van der Waals surface area contributed by atoms with E-state index in [1.165, 1.54) is 10.8 Å². The van der Waals surface area contributed by atoms with Crippen LogP contribution in [-0.4, -0.2) is 0 Å². The monoisotopic (exact) mass is 243 g/mol. The zero-order valence-corrected chi connectivity index (χ0v) is 10.4. The van der Waals surface area contributed by atoms with Gasteiger partial charge < -0.3 is 5.73 Å². The van der Waals surface area contributed by atoms with Crippen LogP contribution in [0.25, 0.3) is 10.8 Å². The Morgan fingerprint density at radius 1 is 0.632 bits per heavy atom. The van der Waals surface area contributed by atoms with Crippen molar-refractivity contribution in [1.29, 1.82) is 0 Å². The van der Waals surface area contributed by atoms with Crippen molar-refractivity contribution in [2.45, 2.75) is 0 Å². The third-order valence-electron chi connectivity index (χ3n) is 3.01. The first-order chi connectivity index (χ1) is 9.31. The van der Waals surface area contributed by atoms with Crippen LogP contribution in [0.3, 0.4) is 0 Å². The molecule has 0 atom stereocenters. The summed E-state index contributed by atoms with van der Waals surface area (Å²) in [5.74, 6) is 6.33. The van der Waals surface area contributed by atoms with E-state index in [9.17, 15) is 0 Å². The van der Waals surface area contributed by atoms with E-state index in [-0.39, 0.29) is 0 Å². The second-order valence-electron chi connectivity index (χ2n) is 4.43. The predicted octanol–water partition coefficient (Wildman–Crippen LogP) is 3.82. The molecule has 1 nitrogen and oxygen atoms in total. The molecule has 0 amide bonds. The van der Waals surface area contributed by atoms with Gasteiger partial charge in [0.1, 0.15) is 0 Å². The molecular weight excluding hydrogens is 230 g/mol. The molecule has 0 aliphatic rings. The van der Waals surface area contributed by atoms with Gasteiger partial charge in [-0.15, -0.1) is 0 Å². The lowest BCUT2D eigenvalue weighted by Gasteiger charge is -1.97. The number of anilines is 1. The molecular formula is C18H13N. The van der Waals surface area contributed by atoms with Crippen LogP contribution in [0.4, 0.5) is 5.69 Å². The largest absolute Gasteiger partial charge is 0.399 e. The Hall–Kier alpha value is -2.72. The molecule has 0 saturated carbocycles. The average molecular weight is 243 g/mol. The van der Waals surface area contributed by atoms with E-state index in [4.69, 9.17) is 5.73 Å². The number of fused-ring (bicyclic) bond motifs is 1. The summed E-state index contributed by atoms with van der Waals surface area (Å²) in [5.41, 5.74) is 8.41. The minimum atomic E-state index is 0.760. The molecule has 0 radical (unpaired) electrons. The molecule has 0 unspecified atom stereocenters. The molecule has 0 spiro atoms. The fourth-order valence-corrected chi connectivity index (χ4v) is 1.98. The highest BCUT2D eigenvalue weighted by molar-refractivity contribution is 5.83.